The van der Waals surface area contributed by atoms with Crippen molar-refractivity contribution in [2.24, 2.45) is 0 Å². The van der Waals surface area contributed by atoms with Crippen molar-refractivity contribution in [3.05, 3.63) is 0 Å². The molecular formula is C6H13N2O. The Morgan fingerprint density at radius 2 is 2.11 bits per heavy atom. The van der Waals surface area contributed by atoms with Crippen LogP contribution in [0.25, 0.3) is 0 Å². The van der Waals surface area contributed by atoms with Crippen LogP contribution < -0.4 is 11.1 Å². The topological polar surface area (TPSA) is 52.9 Å². The lowest BCUT2D eigenvalue weighted by Gasteiger charge is -2.22. The predicted molar refractivity (Wildman–Crippen MR) is 36.0 cm³/mol. The van der Waals surface area contributed by atoms with E-state index in [-0.39, 0.29) is 5.54 Å². The smallest absolute Gasteiger partial charge is 0.332 e. The van der Waals surface area contributed by atoms with Crippen molar-refractivity contribution in [1.82, 2.24) is 11.1 Å². The maximum Gasteiger partial charge on any atom is 0.333 e. The molecule has 0 aliphatic rings. The highest BCUT2D eigenvalue weighted by atomic mass is 16.2. The van der Waals surface area contributed by atoms with E-state index in [1.54, 1.807) is 0 Å². The molecule has 3 nitrogen and oxygen atoms in total. The van der Waals surface area contributed by atoms with Gasteiger partial charge in [-0.15, -0.1) is 0 Å². The van der Waals surface area contributed by atoms with E-state index in [9.17, 15) is 4.79 Å². The van der Waals surface area contributed by atoms with Gasteiger partial charge >= 0.3 is 6.03 Å². The van der Waals surface area contributed by atoms with Gasteiger partial charge in [-0.2, -0.15) is 0 Å². The van der Waals surface area contributed by atoms with Gasteiger partial charge in [-0.05, 0) is 20.3 Å². The first kappa shape index (κ1) is 8.27. The van der Waals surface area contributed by atoms with E-state index in [1.807, 2.05) is 20.8 Å². The monoisotopic (exact) mass is 129 g/mol. The molecule has 0 spiro atoms. The third-order valence-corrected chi connectivity index (χ3v) is 1.34. The Morgan fingerprint density at radius 3 is 2.22 bits per heavy atom. The molecule has 0 unspecified atom stereocenters. The first-order valence-electron chi connectivity index (χ1n) is 3.01. The second-order valence-corrected chi connectivity index (χ2v) is 2.69. The van der Waals surface area contributed by atoms with Crippen molar-refractivity contribution in [1.29, 1.82) is 0 Å². The standard InChI is InChI=1S/C6H13N2O/c1-4-6(2,3)8-5(7)9/h7H,4H2,1-3H3,(H,8,9). The van der Waals surface area contributed by atoms with Gasteiger partial charge < -0.3 is 5.32 Å². The lowest BCUT2D eigenvalue weighted by atomic mass is 10.0. The number of amides is 2. The summed E-state index contributed by atoms with van der Waals surface area (Å²) in [6.07, 6.45) is 0.845. The first-order valence-corrected chi connectivity index (χ1v) is 3.01. The van der Waals surface area contributed by atoms with Crippen LogP contribution in [0.2, 0.25) is 0 Å². The van der Waals surface area contributed by atoms with Crippen LogP contribution in [0.15, 0.2) is 0 Å². The molecule has 0 aliphatic heterocycles. The number of hydrogen-bond donors (Lipinski definition) is 1. The molecule has 3 heteroatoms. The minimum atomic E-state index is -0.707. The van der Waals surface area contributed by atoms with Crippen LogP contribution >= 0.6 is 0 Å². The van der Waals surface area contributed by atoms with E-state index in [4.69, 9.17) is 5.73 Å². The summed E-state index contributed by atoms with van der Waals surface area (Å²) >= 11 is 0. The molecule has 1 radical (unpaired) electrons. The number of hydrogen-bond acceptors (Lipinski definition) is 1. The number of urea groups is 1. The van der Waals surface area contributed by atoms with Gasteiger partial charge in [0.2, 0.25) is 0 Å². The van der Waals surface area contributed by atoms with Gasteiger partial charge in [0.1, 0.15) is 0 Å². The minimum absolute atomic E-state index is 0.223. The summed E-state index contributed by atoms with van der Waals surface area (Å²) < 4.78 is 0. The van der Waals surface area contributed by atoms with E-state index in [2.05, 4.69) is 5.32 Å². The normalized spacial score (nSPS) is 11.0. The van der Waals surface area contributed by atoms with Crippen LogP contribution in [0.1, 0.15) is 27.2 Å². The number of nitrogens with one attached hydrogen (secondary N) is 2. The Bertz CT molecular complexity index is 110. The van der Waals surface area contributed by atoms with E-state index in [0.717, 1.165) is 6.42 Å². The average Bonchev–Trinajstić information content (AvgIpc) is 1.63. The number of carbonyl (C=O) groups is 1. The van der Waals surface area contributed by atoms with Crippen molar-refractivity contribution < 1.29 is 4.79 Å². The molecule has 2 N–H and O–H groups in total. The summed E-state index contributed by atoms with van der Waals surface area (Å²) in [7, 11) is 0. The highest BCUT2D eigenvalue weighted by molar-refractivity contribution is 5.71. The second kappa shape index (κ2) is 2.71. The summed E-state index contributed by atoms with van der Waals surface area (Å²) in [5, 5.41) is 2.50. The van der Waals surface area contributed by atoms with Gasteiger partial charge in [-0.3, -0.25) is 0 Å². The lowest BCUT2D eigenvalue weighted by Crippen LogP contribution is -2.42. The average molecular weight is 129 g/mol. The maximum atomic E-state index is 10.2. The summed E-state index contributed by atoms with van der Waals surface area (Å²) in [5.41, 5.74) is 6.36. The van der Waals surface area contributed by atoms with Gasteiger partial charge in [-0.25, -0.2) is 10.5 Å². The maximum absolute atomic E-state index is 10.2. The molecule has 0 saturated carbocycles. The van der Waals surface area contributed by atoms with Crippen molar-refractivity contribution in [3.8, 4) is 0 Å². The molecule has 2 amide bonds. The highest BCUT2D eigenvalue weighted by Crippen LogP contribution is 2.05. The zero-order valence-electron chi connectivity index (χ0n) is 6.12. The Labute approximate surface area is 55.6 Å². The largest absolute Gasteiger partial charge is 0.333 e. The molecule has 0 bridgehead atoms. The van der Waals surface area contributed by atoms with Gasteiger partial charge in [0.05, 0.1) is 0 Å². The summed E-state index contributed by atoms with van der Waals surface area (Å²) in [6.45, 7) is 5.74. The number of carbonyl (C=O) groups excluding carboxylic acids is 1. The Hall–Kier alpha value is -0.730. The van der Waals surface area contributed by atoms with Crippen LogP contribution in [-0.2, 0) is 0 Å². The summed E-state index contributed by atoms with van der Waals surface area (Å²) in [6, 6.07) is -0.707. The first-order chi connectivity index (χ1) is 3.98. The van der Waals surface area contributed by atoms with Crippen LogP contribution in [0.5, 0.6) is 0 Å². The second-order valence-electron chi connectivity index (χ2n) is 2.69. The predicted octanol–water partition coefficient (Wildman–Crippen LogP) is 1.17. The lowest BCUT2D eigenvalue weighted by molar-refractivity contribution is 0.236. The zero-order chi connectivity index (χ0) is 7.49. The molecule has 0 heterocycles. The molecule has 0 saturated heterocycles. The van der Waals surface area contributed by atoms with Crippen molar-refractivity contribution >= 4 is 6.03 Å². The molecule has 53 valence electrons. The molecule has 0 atom stereocenters. The number of rotatable bonds is 2. The third-order valence-electron chi connectivity index (χ3n) is 1.34. The molecule has 0 aliphatic carbocycles. The molecule has 0 fully saturated rings. The summed E-state index contributed by atoms with van der Waals surface area (Å²) in [4.78, 5) is 10.2. The molecule has 9 heavy (non-hydrogen) atoms. The Balaban J connectivity index is 3.71. The van der Waals surface area contributed by atoms with E-state index in [0.29, 0.717) is 0 Å². The molecular weight excluding hydrogens is 116 g/mol. The van der Waals surface area contributed by atoms with Gasteiger partial charge in [0, 0.05) is 5.54 Å². The van der Waals surface area contributed by atoms with E-state index < -0.39 is 6.03 Å². The molecule has 0 aromatic rings. The van der Waals surface area contributed by atoms with E-state index in [1.165, 1.54) is 0 Å². The molecule has 0 aromatic carbocycles. The fourth-order valence-electron chi connectivity index (χ4n) is 0.396. The van der Waals surface area contributed by atoms with Crippen LogP contribution in [0.3, 0.4) is 0 Å². The summed E-state index contributed by atoms with van der Waals surface area (Å²) in [5.74, 6) is 0. The van der Waals surface area contributed by atoms with Crippen LogP contribution in [0.4, 0.5) is 4.79 Å². The highest BCUT2D eigenvalue weighted by Gasteiger charge is 2.15. The van der Waals surface area contributed by atoms with E-state index >= 15 is 0 Å². The van der Waals surface area contributed by atoms with Crippen molar-refractivity contribution in [2.75, 3.05) is 0 Å². The minimum Gasteiger partial charge on any atom is -0.332 e. The van der Waals surface area contributed by atoms with Gasteiger partial charge in [-0.1, -0.05) is 6.92 Å². The van der Waals surface area contributed by atoms with Gasteiger partial charge in [0.25, 0.3) is 0 Å². The Morgan fingerprint density at radius 1 is 1.67 bits per heavy atom. The SMILES string of the molecule is CCC(C)(C)NC([NH])=O. The third kappa shape index (κ3) is 3.82. The fraction of sp³-hybridized carbons (Fsp3) is 0.833. The van der Waals surface area contributed by atoms with Crippen LogP contribution in [-0.4, -0.2) is 11.6 Å². The van der Waals surface area contributed by atoms with Crippen molar-refractivity contribution in [2.45, 2.75) is 32.7 Å². The zero-order valence-corrected chi connectivity index (χ0v) is 6.12. The fourth-order valence-corrected chi connectivity index (χ4v) is 0.396. The quantitative estimate of drug-likeness (QED) is 0.597. The van der Waals surface area contributed by atoms with Crippen molar-refractivity contribution in [3.63, 3.8) is 0 Å². The Kier molecular flexibility index (Phi) is 2.49. The van der Waals surface area contributed by atoms with Crippen LogP contribution in [0, 0.1) is 0 Å². The molecule has 0 aromatic heterocycles. The van der Waals surface area contributed by atoms with Gasteiger partial charge in [0.15, 0.2) is 0 Å². The molecule has 0 rings (SSSR count).